The van der Waals surface area contributed by atoms with Crippen molar-refractivity contribution in [1.82, 2.24) is 10.6 Å². The van der Waals surface area contributed by atoms with Crippen LogP contribution in [0.3, 0.4) is 0 Å². The Kier molecular flexibility index (Phi) is 6.67. The first kappa shape index (κ1) is 15.8. The van der Waals surface area contributed by atoms with Crippen LogP contribution in [0.2, 0.25) is 0 Å². The number of amides is 1. The molecule has 1 unspecified atom stereocenters. The van der Waals surface area contributed by atoms with E-state index in [2.05, 4.69) is 10.6 Å². The molecular formula is C14H21ClN2O2. The second-order valence-electron chi connectivity index (χ2n) is 4.60. The number of hydrogen-bond donors (Lipinski definition) is 2. The normalized spacial score (nSPS) is 18.3. The van der Waals surface area contributed by atoms with E-state index in [0.717, 1.165) is 37.2 Å². The highest BCUT2D eigenvalue weighted by molar-refractivity contribution is 5.85. The van der Waals surface area contributed by atoms with Crippen molar-refractivity contribution < 1.29 is 9.53 Å². The number of nitrogens with one attached hydrogen (secondary N) is 2. The minimum atomic E-state index is 0. The maximum atomic E-state index is 12.0. The van der Waals surface area contributed by atoms with E-state index in [1.807, 2.05) is 24.3 Å². The number of ether oxygens (including phenoxy) is 1. The van der Waals surface area contributed by atoms with Crippen molar-refractivity contribution in [2.24, 2.45) is 0 Å². The first-order chi connectivity index (χ1) is 8.79. The van der Waals surface area contributed by atoms with Crippen LogP contribution in [-0.2, 0) is 11.2 Å². The molecule has 0 aromatic heterocycles. The molecule has 19 heavy (non-hydrogen) atoms. The number of piperidine rings is 1. The van der Waals surface area contributed by atoms with Crippen LogP contribution in [0.1, 0.15) is 18.4 Å². The second-order valence-corrected chi connectivity index (χ2v) is 4.60. The highest BCUT2D eigenvalue weighted by Crippen LogP contribution is 2.17. The Hall–Kier alpha value is -1.26. The van der Waals surface area contributed by atoms with Gasteiger partial charge in [-0.05, 0) is 25.5 Å². The average Bonchev–Trinajstić information content (AvgIpc) is 2.40. The predicted octanol–water partition coefficient (Wildman–Crippen LogP) is 1.53. The molecule has 1 heterocycles. The third-order valence-electron chi connectivity index (χ3n) is 3.21. The lowest BCUT2D eigenvalue weighted by Crippen LogP contribution is -2.46. The quantitative estimate of drug-likeness (QED) is 0.882. The van der Waals surface area contributed by atoms with Gasteiger partial charge in [-0.3, -0.25) is 4.79 Å². The van der Waals surface area contributed by atoms with Crippen molar-refractivity contribution in [2.75, 3.05) is 20.2 Å². The number of hydrogen-bond acceptors (Lipinski definition) is 3. The van der Waals surface area contributed by atoms with E-state index in [-0.39, 0.29) is 24.4 Å². The Labute approximate surface area is 120 Å². The molecule has 1 aliphatic heterocycles. The molecule has 5 heteroatoms. The third kappa shape index (κ3) is 4.73. The van der Waals surface area contributed by atoms with E-state index in [0.29, 0.717) is 6.42 Å². The maximum absolute atomic E-state index is 12.0. The van der Waals surface area contributed by atoms with Crippen molar-refractivity contribution in [3.8, 4) is 5.75 Å². The fourth-order valence-corrected chi connectivity index (χ4v) is 2.28. The van der Waals surface area contributed by atoms with E-state index < -0.39 is 0 Å². The van der Waals surface area contributed by atoms with Gasteiger partial charge in [-0.25, -0.2) is 0 Å². The predicted molar refractivity (Wildman–Crippen MR) is 78.0 cm³/mol. The summed E-state index contributed by atoms with van der Waals surface area (Å²) in [7, 11) is 1.63. The Morgan fingerprint density at radius 2 is 2.26 bits per heavy atom. The number of methoxy groups -OCH3 is 1. The molecule has 1 atom stereocenters. The Morgan fingerprint density at radius 3 is 2.95 bits per heavy atom. The van der Waals surface area contributed by atoms with Gasteiger partial charge in [0.2, 0.25) is 5.91 Å². The first-order valence-corrected chi connectivity index (χ1v) is 6.41. The van der Waals surface area contributed by atoms with Crippen LogP contribution in [0.4, 0.5) is 0 Å². The van der Waals surface area contributed by atoms with Gasteiger partial charge in [-0.15, -0.1) is 12.4 Å². The number of benzene rings is 1. The first-order valence-electron chi connectivity index (χ1n) is 6.41. The summed E-state index contributed by atoms with van der Waals surface area (Å²) in [4.78, 5) is 12.0. The molecule has 2 rings (SSSR count). The van der Waals surface area contributed by atoms with E-state index in [9.17, 15) is 4.79 Å². The molecule has 1 aromatic carbocycles. The standard InChI is InChI=1S/C14H20N2O2.ClH/c1-18-13-7-3-2-5-11(13)9-14(17)16-12-6-4-8-15-10-12;/h2-3,5,7,12,15H,4,6,8-10H2,1H3,(H,16,17);1H. The molecule has 2 N–H and O–H groups in total. The third-order valence-corrected chi connectivity index (χ3v) is 3.21. The zero-order chi connectivity index (χ0) is 12.8. The Bertz CT molecular complexity index is 406. The summed E-state index contributed by atoms with van der Waals surface area (Å²) in [6, 6.07) is 7.90. The highest BCUT2D eigenvalue weighted by atomic mass is 35.5. The molecule has 0 aliphatic carbocycles. The topological polar surface area (TPSA) is 50.4 Å². The molecule has 106 valence electrons. The van der Waals surface area contributed by atoms with Crippen LogP contribution in [0.15, 0.2) is 24.3 Å². The minimum absolute atomic E-state index is 0. The molecule has 1 fully saturated rings. The Balaban J connectivity index is 0.00000180. The smallest absolute Gasteiger partial charge is 0.224 e. The lowest BCUT2D eigenvalue weighted by atomic mass is 10.1. The molecule has 0 radical (unpaired) electrons. The van der Waals surface area contributed by atoms with Crippen molar-refractivity contribution in [1.29, 1.82) is 0 Å². The van der Waals surface area contributed by atoms with Crippen molar-refractivity contribution in [3.63, 3.8) is 0 Å². The van der Waals surface area contributed by atoms with Crippen molar-refractivity contribution >= 4 is 18.3 Å². The van der Waals surface area contributed by atoms with Crippen LogP contribution in [0.25, 0.3) is 0 Å². The molecule has 0 spiro atoms. The molecule has 1 saturated heterocycles. The second kappa shape index (κ2) is 8.02. The van der Waals surface area contributed by atoms with E-state index in [1.54, 1.807) is 7.11 Å². The maximum Gasteiger partial charge on any atom is 0.224 e. The van der Waals surface area contributed by atoms with Gasteiger partial charge in [0.1, 0.15) is 5.75 Å². The van der Waals surface area contributed by atoms with Gasteiger partial charge in [-0.1, -0.05) is 18.2 Å². The van der Waals surface area contributed by atoms with E-state index >= 15 is 0 Å². The molecule has 1 amide bonds. The lowest BCUT2D eigenvalue weighted by Gasteiger charge is -2.23. The van der Waals surface area contributed by atoms with Gasteiger partial charge >= 0.3 is 0 Å². The van der Waals surface area contributed by atoms with Gasteiger partial charge < -0.3 is 15.4 Å². The number of carbonyl (C=O) groups excluding carboxylic acids is 1. The molecular weight excluding hydrogens is 264 g/mol. The van der Waals surface area contributed by atoms with E-state index in [4.69, 9.17) is 4.74 Å². The van der Waals surface area contributed by atoms with Crippen LogP contribution >= 0.6 is 12.4 Å². The summed E-state index contributed by atoms with van der Waals surface area (Å²) in [6.45, 7) is 1.93. The number of para-hydroxylation sites is 1. The van der Waals surface area contributed by atoms with Crippen molar-refractivity contribution in [3.05, 3.63) is 29.8 Å². The van der Waals surface area contributed by atoms with Crippen LogP contribution in [-0.4, -0.2) is 32.1 Å². The zero-order valence-electron chi connectivity index (χ0n) is 11.1. The fourth-order valence-electron chi connectivity index (χ4n) is 2.28. The van der Waals surface area contributed by atoms with Gasteiger partial charge in [0.25, 0.3) is 0 Å². The summed E-state index contributed by atoms with van der Waals surface area (Å²) in [5, 5.41) is 6.35. The number of carbonyl (C=O) groups is 1. The number of halogens is 1. The summed E-state index contributed by atoms with van der Waals surface area (Å²) >= 11 is 0. The average molecular weight is 285 g/mol. The van der Waals surface area contributed by atoms with Crippen molar-refractivity contribution in [2.45, 2.75) is 25.3 Å². The van der Waals surface area contributed by atoms with E-state index in [1.165, 1.54) is 0 Å². The lowest BCUT2D eigenvalue weighted by molar-refractivity contribution is -0.121. The zero-order valence-corrected chi connectivity index (χ0v) is 12.0. The summed E-state index contributed by atoms with van der Waals surface area (Å²) in [5.41, 5.74) is 0.932. The summed E-state index contributed by atoms with van der Waals surface area (Å²) in [6.07, 6.45) is 2.56. The van der Waals surface area contributed by atoms with Gasteiger partial charge in [0, 0.05) is 18.2 Å². The molecule has 1 aromatic rings. The van der Waals surface area contributed by atoms with Crippen LogP contribution in [0, 0.1) is 0 Å². The number of rotatable bonds is 4. The minimum Gasteiger partial charge on any atom is -0.496 e. The largest absolute Gasteiger partial charge is 0.496 e. The van der Waals surface area contributed by atoms with Crippen LogP contribution < -0.4 is 15.4 Å². The molecule has 0 bridgehead atoms. The summed E-state index contributed by atoms with van der Waals surface area (Å²) < 4.78 is 5.24. The SMILES string of the molecule is COc1ccccc1CC(=O)NC1CCCNC1.Cl. The van der Waals surface area contributed by atoms with Gasteiger partial charge in [0.15, 0.2) is 0 Å². The van der Waals surface area contributed by atoms with Crippen LogP contribution in [0.5, 0.6) is 5.75 Å². The van der Waals surface area contributed by atoms with Gasteiger partial charge in [0.05, 0.1) is 13.5 Å². The fraction of sp³-hybridized carbons (Fsp3) is 0.500. The molecule has 0 saturated carbocycles. The summed E-state index contributed by atoms with van der Waals surface area (Å²) in [5.74, 6) is 0.836. The monoisotopic (exact) mass is 284 g/mol. The Morgan fingerprint density at radius 1 is 1.47 bits per heavy atom. The molecule has 4 nitrogen and oxygen atoms in total. The highest BCUT2D eigenvalue weighted by Gasteiger charge is 2.16. The van der Waals surface area contributed by atoms with Gasteiger partial charge in [-0.2, -0.15) is 0 Å². The molecule has 1 aliphatic rings.